The van der Waals surface area contributed by atoms with Crippen molar-refractivity contribution in [3.63, 3.8) is 0 Å². The van der Waals surface area contributed by atoms with E-state index in [-0.39, 0.29) is 0 Å². The van der Waals surface area contributed by atoms with Gasteiger partial charge in [0.25, 0.3) is 0 Å². The van der Waals surface area contributed by atoms with Crippen LogP contribution in [0.15, 0.2) is 24.5 Å². The number of aromatic amines is 1. The number of hydrogen-bond acceptors (Lipinski definition) is 3. The zero-order valence-electron chi connectivity index (χ0n) is 7.28. The monoisotopic (exact) mass is 174 g/mol. The molecule has 0 saturated heterocycles. The molecule has 2 heterocycles. The molecule has 2 rings (SSSR count). The molecule has 3 N–H and O–H groups in total. The normalized spacial score (nSPS) is 10.2. The Balaban J connectivity index is 2.49. The van der Waals surface area contributed by atoms with Crippen molar-refractivity contribution in [1.29, 1.82) is 0 Å². The molecule has 0 aliphatic heterocycles. The number of pyridine rings is 1. The lowest BCUT2D eigenvalue weighted by Crippen LogP contribution is -1.93. The van der Waals surface area contributed by atoms with Gasteiger partial charge in [0.1, 0.15) is 0 Å². The minimum atomic E-state index is 0.715. The smallest absolute Gasteiger partial charge is 0.0738 e. The summed E-state index contributed by atoms with van der Waals surface area (Å²) in [5.74, 6) is 0. The molecule has 0 aliphatic rings. The van der Waals surface area contributed by atoms with Crippen LogP contribution in [0.3, 0.4) is 0 Å². The van der Waals surface area contributed by atoms with E-state index in [9.17, 15) is 0 Å². The van der Waals surface area contributed by atoms with Crippen LogP contribution in [0.5, 0.6) is 0 Å². The number of hydrogen-bond donors (Lipinski definition) is 2. The van der Waals surface area contributed by atoms with Crippen LogP contribution in [0.1, 0.15) is 5.69 Å². The number of aromatic nitrogens is 3. The van der Waals surface area contributed by atoms with Crippen LogP contribution >= 0.6 is 0 Å². The van der Waals surface area contributed by atoms with E-state index >= 15 is 0 Å². The van der Waals surface area contributed by atoms with E-state index in [0.717, 1.165) is 17.0 Å². The van der Waals surface area contributed by atoms with Gasteiger partial charge in [-0.15, -0.1) is 0 Å². The van der Waals surface area contributed by atoms with Crippen molar-refractivity contribution in [1.82, 2.24) is 15.2 Å². The molecular weight excluding hydrogens is 164 g/mol. The Labute approximate surface area is 75.8 Å². The van der Waals surface area contributed by atoms with Gasteiger partial charge in [-0.2, -0.15) is 5.10 Å². The summed E-state index contributed by atoms with van der Waals surface area (Å²) in [4.78, 5) is 4.33. The van der Waals surface area contributed by atoms with E-state index in [1.165, 1.54) is 0 Å². The van der Waals surface area contributed by atoms with Gasteiger partial charge in [0.15, 0.2) is 0 Å². The van der Waals surface area contributed by atoms with E-state index in [4.69, 9.17) is 5.73 Å². The molecule has 2 aromatic rings. The third-order valence-electron chi connectivity index (χ3n) is 1.92. The second-order valence-corrected chi connectivity index (χ2v) is 2.86. The Kier molecular flexibility index (Phi) is 1.73. The van der Waals surface area contributed by atoms with E-state index in [1.807, 2.05) is 19.1 Å². The van der Waals surface area contributed by atoms with Crippen molar-refractivity contribution in [2.75, 3.05) is 5.73 Å². The van der Waals surface area contributed by atoms with Gasteiger partial charge in [-0.05, 0) is 19.1 Å². The highest BCUT2D eigenvalue weighted by molar-refractivity contribution is 5.60. The zero-order valence-corrected chi connectivity index (χ0v) is 7.28. The second-order valence-electron chi connectivity index (χ2n) is 2.86. The summed E-state index contributed by atoms with van der Waals surface area (Å²) in [5, 5.41) is 6.60. The molecule has 0 bridgehead atoms. The van der Waals surface area contributed by atoms with E-state index in [1.54, 1.807) is 12.4 Å². The van der Waals surface area contributed by atoms with Crippen LogP contribution < -0.4 is 5.73 Å². The first kappa shape index (κ1) is 7.79. The molecule has 4 heteroatoms. The standard InChI is InChI=1S/C9H10N4/c1-6-8(10)2-3-9(13-6)7-4-11-12-5-7/h2-5H,10H2,1H3,(H,11,12). The second kappa shape index (κ2) is 2.90. The summed E-state index contributed by atoms with van der Waals surface area (Å²) < 4.78 is 0. The lowest BCUT2D eigenvalue weighted by atomic mass is 10.2. The number of H-pyrrole nitrogens is 1. The first-order valence-corrected chi connectivity index (χ1v) is 3.99. The summed E-state index contributed by atoms with van der Waals surface area (Å²) in [5.41, 5.74) is 9.08. The van der Waals surface area contributed by atoms with Crippen LogP contribution in [0, 0.1) is 6.92 Å². The number of anilines is 1. The lowest BCUT2D eigenvalue weighted by Gasteiger charge is -2.00. The van der Waals surface area contributed by atoms with Gasteiger partial charge in [-0.25, -0.2) is 0 Å². The maximum atomic E-state index is 5.66. The minimum absolute atomic E-state index is 0.715. The third kappa shape index (κ3) is 1.38. The fourth-order valence-electron chi connectivity index (χ4n) is 1.12. The molecule has 0 atom stereocenters. The first-order valence-electron chi connectivity index (χ1n) is 3.99. The Hall–Kier alpha value is -1.84. The summed E-state index contributed by atoms with van der Waals surface area (Å²) in [6.07, 6.45) is 3.54. The Morgan fingerprint density at radius 2 is 2.23 bits per heavy atom. The van der Waals surface area contributed by atoms with Gasteiger partial charge in [0, 0.05) is 11.8 Å². The van der Waals surface area contributed by atoms with Crippen molar-refractivity contribution >= 4 is 5.69 Å². The lowest BCUT2D eigenvalue weighted by molar-refractivity contribution is 1.09. The van der Waals surface area contributed by atoms with Gasteiger partial charge in [0.2, 0.25) is 0 Å². The molecular formula is C9H10N4. The average molecular weight is 174 g/mol. The van der Waals surface area contributed by atoms with Crippen LogP contribution in [-0.2, 0) is 0 Å². The molecule has 0 aromatic carbocycles. The number of rotatable bonds is 1. The van der Waals surface area contributed by atoms with Crippen LogP contribution in [0.2, 0.25) is 0 Å². The molecule has 4 nitrogen and oxygen atoms in total. The number of aryl methyl sites for hydroxylation is 1. The maximum absolute atomic E-state index is 5.66. The molecule has 66 valence electrons. The molecule has 0 saturated carbocycles. The summed E-state index contributed by atoms with van der Waals surface area (Å²) in [7, 11) is 0. The Morgan fingerprint density at radius 1 is 1.38 bits per heavy atom. The highest BCUT2D eigenvalue weighted by atomic mass is 15.1. The highest BCUT2D eigenvalue weighted by Gasteiger charge is 2.01. The van der Waals surface area contributed by atoms with Crippen molar-refractivity contribution in [3.05, 3.63) is 30.2 Å². The van der Waals surface area contributed by atoms with Crippen LogP contribution in [-0.4, -0.2) is 15.2 Å². The van der Waals surface area contributed by atoms with Gasteiger partial charge in [-0.3, -0.25) is 10.1 Å². The predicted octanol–water partition coefficient (Wildman–Crippen LogP) is 1.36. The fourth-order valence-corrected chi connectivity index (χ4v) is 1.12. The molecule has 0 aliphatic carbocycles. The number of nitrogens with zero attached hydrogens (tertiary/aromatic N) is 2. The van der Waals surface area contributed by atoms with E-state index in [0.29, 0.717) is 5.69 Å². The number of nitrogens with one attached hydrogen (secondary N) is 1. The first-order chi connectivity index (χ1) is 6.27. The topological polar surface area (TPSA) is 67.6 Å². The average Bonchev–Trinajstić information content (AvgIpc) is 2.62. The molecule has 0 radical (unpaired) electrons. The van der Waals surface area contributed by atoms with E-state index < -0.39 is 0 Å². The maximum Gasteiger partial charge on any atom is 0.0738 e. The van der Waals surface area contributed by atoms with Crippen molar-refractivity contribution < 1.29 is 0 Å². The van der Waals surface area contributed by atoms with Crippen molar-refractivity contribution in [3.8, 4) is 11.3 Å². The van der Waals surface area contributed by atoms with Gasteiger partial charge >= 0.3 is 0 Å². The number of nitrogen functional groups attached to an aromatic ring is 1. The predicted molar refractivity (Wildman–Crippen MR) is 51.0 cm³/mol. The summed E-state index contributed by atoms with van der Waals surface area (Å²) >= 11 is 0. The van der Waals surface area contributed by atoms with Crippen molar-refractivity contribution in [2.24, 2.45) is 0 Å². The minimum Gasteiger partial charge on any atom is -0.397 e. The Morgan fingerprint density at radius 3 is 2.85 bits per heavy atom. The number of nitrogens with two attached hydrogens (primary N) is 1. The summed E-state index contributed by atoms with van der Waals surface area (Å²) in [6.45, 7) is 1.89. The molecule has 0 unspecified atom stereocenters. The van der Waals surface area contributed by atoms with Gasteiger partial charge in [-0.1, -0.05) is 0 Å². The molecule has 0 spiro atoms. The fraction of sp³-hybridized carbons (Fsp3) is 0.111. The van der Waals surface area contributed by atoms with E-state index in [2.05, 4.69) is 15.2 Å². The third-order valence-corrected chi connectivity index (χ3v) is 1.92. The van der Waals surface area contributed by atoms with Gasteiger partial charge in [0.05, 0.1) is 23.3 Å². The quantitative estimate of drug-likeness (QED) is 0.686. The SMILES string of the molecule is Cc1nc(-c2cn[nH]c2)ccc1N. The highest BCUT2D eigenvalue weighted by Crippen LogP contribution is 2.17. The molecule has 0 fully saturated rings. The largest absolute Gasteiger partial charge is 0.397 e. The van der Waals surface area contributed by atoms with Gasteiger partial charge < -0.3 is 5.73 Å². The zero-order chi connectivity index (χ0) is 9.26. The van der Waals surface area contributed by atoms with Crippen LogP contribution in [0.4, 0.5) is 5.69 Å². The summed E-state index contributed by atoms with van der Waals surface area (Å²) in [6, 6.07) is 3.73. The van der Waals surface area contributed by atoms with Crippen LogP contribution in [0.25, 0.3) is 11.3 Å². The van der Waals surface area contributed by atoms with Crippen molar-refractivity contribution in [2.45, 2.75) is 6.92 Å². The molecule has 2 aromatic heterocycles. The molecule has 0 amide bonds. The molecule has 13 heavy (non-hydrogen) atoms. The Bertz CT molecular complexity index is 406.